The summed E-state index contributed by atoms with van der Waals surface area (Å²) in [6, 6.07) is 14.3. The number of carbonyl (C=O) groups excluding carboxylic acids is 2. The average molecular weight is 358 g/mol. The highest BCUT2D eigenvalue weighted by atomic mass is 16.2. The second-order valence-corrected chi connectivity index (χ2v) is 6.48. The van der Waals surface area contributed by atoms with Crippen molar-refractivity contribution in [3.63, 3.8) is 0 Å². The Balaban J connectivity index is 1.53. The van der Waals surface area contributed by atoms with Crippen LogP contribution in [0.1, 0.15) is 30.3 Å². The minimum atomic E-state index is -0.674. The van der Waals surface area contributed by atoms with E-state index in [1.807, 2.05) is 24.3 Å². The average Bonchev–Trinajstić information content (AvgIpc) is 3.34. The zero-order chi connectivity index (χ0) is 18.8. The lowest BCUT2D eigenvalue weighted by Crippen LogP contribution is -2.39. The number of hydrogen-bond donors (Lipinski definition) is 2. The number of nitrogens with zero attached hydrogens (tertiary/aromatic N) is 2. The van der Waals surface area contributed by atoms with Crippen LogP contribution in [0.2, 0.25) is 0 Å². The van der Waals surface area contributed by atoms with Gasteiger partial charge in [-0.3, -0.25) is 9.59 Å². The van der Waals surface area contributed by atoms with Gasteiger partial charge in [-0.05, 0) is 43.2 Å². The van der Waals surface area contributed by atoms with E-state index in [2.05, 4.69) is 21.2 Å². The first kappa shape index (κ1) is 16.9. The van der Waals surface area contributed by atoms with Crippen molar-refractivity contribution in [1.82, 2.24) is 14.9 Å². The minimum Gasteiger partial charge on any atom is -0.340 e. The topological polar surface area (TPSA) is 78.1 Å². The Kier molecular flexibility index (Phi) is 4.35. The maximum Gasteiger partial charge on any atom is 0.313 e. The number of imidazole rings is 1. The largest absolute Gasteiger partial charge is 0.340 e. The van der Waals surface area contributed by atoms with Crippen LogP contribution in [0.15, 0.2) is 48.5 Å². The molecule has 134 valence electrons. The van der Waals surface area contributed by atoms with E-state index in [9.17, 15) is 9.59 Å². The molecule has 6 nitrogen and oxygen atoms in total. The van der Waals surface area contributed by atoms with E-state index in [0.29, 0.717) is 23.6 Å². The first-order valence-corrected chi connectivity index (χ1v) is 8.79. The van der Waals surface area contributed by atoms with Gasteiger partial charge in [-0.1, -0.05) is 24.1 Å². The number of fused-ring (bicyclic) bond motifs is 1. The maximum atomic E-state index is 12.7. The van der Waals surface area contributed by atoms with E-state index in [1.165, 1.54) is 0 Å². The van der Waals surface area contributed by atoms with Crippen molar-refractivity contribution in [3.05, 3.63) is 59.9 Å². The molecule has 1 unspecified atom stereocenters. The van der Waals surface area contributed by atoms with E-state index in [4.69, 9.17) is 6.42 Å². The number of amides is 2. The number of benzene rings is 2. The number of anilines is 1. The van der Waals surface area contributed by atoms with Gasteiger partial charge in [0.2, 0.25) is 0 Å². The number of para-hydroxylation sites is 2. The summed E-state index contributed by atoms with van der Waals surface area (Å²) in [5, 5.41) is 2.64. The maximum absolute atomic E-state index is 12.7. The molecule has 6 heteroatoms. The molecule has 1 atom stereocenters. The first-order chi connectivity index (χ1) is 13.2. The molecule has 1 fully saturated rings. The lowest BCUT2D eigenvalue weighted by molar-refractivity contribution is -0.143. The van der Waals surface area contributed by atoms with Gasteiger partial charge in [-0.15, -0.1) is 6.42 Å². The second-order valence-electron chi connectivity index (χ2n) is 6.48. The number of carbonyl (C=O) groups is 2. The third kappa shape index (κ3) is 3.27. The van der Waals surface area contributed by atoms with Gasteiger partial charge >= 0.3 is 11.8 Å². The van der Waals surface area contributed by atoms with Gasteiger partial charge in [0.15, 0.2) is 0 Å². The predicted octanol–water partition coefficient (Wildman–Crippen LogP) is 2.85. The SMILES string of the molecule is C#Cc1cccc(NC(=O)C(=O)N2CCCC2c2nc3ccccc3[nH]2)c1. The molecule has 2 N–H and O–H groups in total. The highest BCUT2D eigenvalue weighted by Gasteiger charge is 2.35. The fraction of sp³-hybridized carbons (Fsp3) is 0.190. The molecule has 1 aliphatic heterocycles. The third-order valence-electron chi connectivity index (χ3n) is 4.72. The van der Waals surface area contributed by atoms with Crippen LogP contribution in [0.5, 0.6) is 0 Å². The van der Waals surface area contributed by atoms with Gasteiger partial charge in [-0.2, -0.15) is 0 Å². The number of terminal acetylenes is 1. The van der Waals surface area contributed by atoms with E-state index in [1.54, 1.807) is 29.2 Å². The van der Waals surface area contributed by atoms with Crippen LogP contribution in [-0.4, -0.2) is 33.2 Å². The smallest absolute Gasteiger partial charge is 0.313 e. The van der Waals surface area contributed by atoms with Crippen LogP contribution in [0, 0.1) is 12.3 Å². The summed E-state index contributed by atoms with van der Waals surface area (Å²) in [6.07, 6.45) is 6.97. The number of likely N-dealkylation sites (tertiary alicyclic amines) is 1. The normalized spacial score (nSPS) is 16.3. The van der Waals surface area contributed by atoms with E-state index in [-0.39, 0.29) is 6.04 Å². The highest BCUT2D eigenvalue weighted by Crippen LogP contribution is 2.31. The third-order valence-corrected chi connectivity index (χ3v) is 4.72. The molecule has 2 amide bonds. The molecule has 2 heterocycles. The number of aromatic nitrogens is 2. The van der Waals surface area contributed by atoms with Gasteiger partial charge < -0.3 is 15.2 Å². The molecule has 1 aromatic heterocycles. The summed E-state index contributed by atoms with van der Waals surface area (Å²) in [5.41, 5.74) is 2.91. The predicted molar refractivity (Wildman–Crippen MR) is 103 cm³/mol. The zero-order valence-electron chi connectivity index (χ0n) is 14.6. The molecule has 3 aromatic rings. The molecule has 1 aliphatic rings. The Morgan fingerprint density at radius 1 is 1.22 bits per heavy atom. The van der Waals surface area contributed by atoms with E-state index >= 15 is 0 Å². The van der Waals surface area contributed by atoms with Crippen LogP contribution >= 0.6 is 0 Å². The Morgan fingerprint density at radius 3 is 2.89 bits per heavy atom. The lowest BCUT2D eigenvalue weighted by Gasteiger charge is -2.22. The van der Waals surface area contributed by atoms with Crippen LogP contribution in [0.25, 0.3) is 11.0 Å². The Hall–Kier alpha value is -3.59. The molecule has 0 spiro atoms. The molecule has 0 bridgehead atoms. The van der Waals surface area contributed by atoms with Crippen LogP contribution < -0.4 is 5.32 Å². The van der Waals surface area contributed by atoms with Crippen LogP contribution in [0.4, 0.5) is 5.69 Å². The number of H-pyrrole nitrogens is 1. The number of rotatable bonds is 2. The quantitative estimate of drug-likeness (QED) is 0.546. The highest BCUT2D eigenvalue weighted by molar-refractivity contribution is 6.39. The molecule has 4 rings (SSSR count). The van der Waals surface area contributed by atoms with Crippen LogP contribution in [0.3, 0.4) is 0 Å². The lowest BCUT2D eigenvalue weighted by atomic mass is 10.2. The van der Waals surface area contributed by atoms with Gasteiger partial charge in [-0.25, -0.2) is 4.98 Å². The fourth-order valence-electron chi connectivity index (χ4n) is 3.43. The van der Waals surface area contributed by atoms with Crippen molar-refractivity contribution in [2.75, 3.05) is 11.9 Å². The molecule has 1 saturated heterocycles. The van der Waals surface area contributed by atoms with Gasteiger partial charge in [0.1, 0.15) is 5.82 Å². The first-order valence-electron chi connectivity index (χ1n) is 8.79. The summed E-state index contributed by atoms with van der Waals surface area (Å²) in [4.78, 5) is 34.6. The number of aromatic amines is 1. The van der Waals surface area contributed by atoms with Crippen molar-refractivity contribution in [1.29, 1.82) is 0 Å². The number of nitrogens with one attached hydrogen (secondary N) is 2. The Morgan fingerprint density at radius 2 is 2.07 bits per heavy atom. The molecule has 0 radical (unpaired) electrons. The molecule has 0 aliphatic carbocycles. The van der Waals surface area contributed by atoms with Crippen molar-refractivity contribution < 1.29 is 9.59 Å². The fourth-order valence-corrected chi connectivity index (χ4v) is 3.43. The summed E-state index contributed by atoms with van der Waals surface area (Å²) in [6.45, 7) is 0.526. The standard InChI is InChI=1S/C21H18N4O2/c1-2-14-7-5-8-15(13-14)22-20(26)21(27)25-12-6-11-18(25)19-23-16-9-3-4-10-17(16)24-19/h1,3-5,7-10,13,18H,6,11-12H2,(H,22,26)(H,23,24). The monoisotopic (exact) mass is 358 g/mol. The second kappa shape index (κ2) is 6.96. The molecule has 2 aromatic carbocycles. The van der Waals surface area contributed by atoms with Gasteiger partial charge in [0.25, 0.3) is 0 Å². The van der Waals surface area contributed by atoms with Crippen LogP contribution in [-0.2, 0) is 9.59 Å². The zero-order valence-corrected chi connectivity index (χ0v) is 14.6. The van der Waals surface area contributed by atoms with E-state index in [0.717, 1.165) is 23.9 Å². The van der Waals surface area contributed by atoms with Crippen molar-refractivity contribution >= 4 is 28.5 Å². The Labute approximate surface area is 156 Å². The minimum absolute atomic E-state index is 0.229. The van der Waals surface area contributed by atoms with E-state index < -0.39 is 11.8 Å². The van der Waals surface area contributed by atoms with Crippen molar-refractivity contribution in [2.45, 2.75) is 18.9 Å². The molecule has 27 heavy (non-hydrogen) atoms. The molecular weight excluding hydrogens is 340 g/mol. The molecular formula is C21H18N4O2. The summed E-state index contributed by atoms with van der Waals surface area (Å²) in [7, 11) is 0. The molecule has 0 saturated carbocycles. The summed E-state index contributed by atoms with van der Waals surface area (Å²) >= 11 is 0. The van der Waals surface area contributed by atoms with Gasteiger partial charge in [0.05, 0.1) is 17.1 Å². The van der Waals surface area contributed by atoms with Gasteiger partial charge in [0, 0.05) is 17.8 Å². The Bertz CT molecular complexity index is 1030. The summed E-state index contributed by atoms with van der Waals surface area (Å²) < 4.78 is 0. The van der Waals surface area contributed by atoms with Crippen molar-refractivity contribution in [2.24, 2.45) is 0 Å². The number of hydrogen-bond acceptors (Lipinski definition) is 3. The van der Waals surface area contributed by atoms with Crippen molar-refractivity contribution in [3.8, 4) is 12.3 Å². The summed E-state index contributed by atoms with van der Waals surface area (Å²) in [5.74, 6) is 1.98.